The highest BCUT2D eigenvalue weighted by molar-refractivity contribution is 6.46. The molecular weight excluding hydrogens is 486 g/mol. The van der Waals surface area contributed by atoms with Gasteiger partial charge in [0.2, 0.25) is 0 Å². The van der Waals surface area contributed by atoms with E-state index in [-0.39, 0.29) is 23.6 Å². The van der Waals surface area contributed by atoms with Crippen molar-refractivity contribution < 1.29 is 24.4 Å². The summed E-state index contributed by atoms with van der Waals surface area (Å²) in [5.74, 6) is -1.37. The summed E-state index contributed by atoms with van der Waals surface area (Å²) in [5.41, 5.74) is 2.57. The molecule has 38 heavy (non-hydrogen) atoms. The number of nitrogens with zero attached hydrogens (tertiary/aromatic N) is 3. The fourth-order valence-electron chi connectivity index (χ4n) is 4.41. The molecule has 0 spiro atoms. The minimum absolute atomic E-state index is 0.109. The normalized spacial score (nSPS) is 16.7. The second kappa shape index (κ2) is 11.3. The highest BCUT2D eigenvalue weighted by Crippen LogP contribution is 2.40. The predicted molar refractivity (Wildman–Crippen MR) is 143 cm³/mol. The van der Waals surface area contributed by atoms with Crippen molar-refractivity contribution in [3.05, 3.63) is 111 Å². The van der Waals surface area contributed by atoms with Gasteiger partial charge < -0.3 is 19.6 Å². The van der Waals surface area contributed by atoms with Gasteiger partial charge in [-0.3, -0.25) is 19.7 Å². The smallest absolute Gasteiger partial charge is 0.295 e. The van der Waals surface area contributed by atoms with Crippen molar-refractivity contribution in [3.63, 3.8) is 0 Å². The van der Waals surface area contributed by atoms with Crippen LogP contribution in [0.15, 0.2) is 78.4 Å². The lowest BCUT2D eigenvalue weighted by Crippen LogP contribution is -2.35. The molecule has 1 aliphatic heterocycles. The van der Waals surface area contributed by atoms with Crippen LogP contribution in [-0.2, 0) is 16.2 Å². The van der Waals surface area contributed by atoms with Gasteiger partial charge in [-0.15, -0.1) is 0 Å². The molecule has 1 atom stereocenters. The van der Waals surface area contributed by atoms with E-state index >= 15 is 0 Å². The average Bonchev–Trinajstić information content (AvgIpc) is 3.15. The van der Waals surface area contributed by atoms with Crippen LogP contribution in [0.25, 0.3) is 5.76 Å². The van der Waals surface area contributed by atoms with E-state index in [2.05, 4.69) is 0 Å². The molecule has 1 saturated heterocycles. The van der Waals surface area contributed by atoms with Gasteiger partial charge in [-0.05, 0) is 56.4 Å². The number of rotatable bonds is 9. The molecule has 1 amide bonds. The molecule has 0 aliphatic carbocycles. The number of likely N-dealkylation sites (N-methyl/N-ethyl adjacent to an activating group) is 1. The van der Waals surface area contributed by atoms with Crippen LogP contribution in [0.2, 0.25) is 0 Å². The monoisotopic (exact) mass is 515 g/mol. The third-order valence-corrected chi connectivity index (χ3v) is 6.34. The number of ether oxygens (including phenoxy) is 1. The average molecular weight is 516 g/mol. The fourth-order valence-corrected chi connectivity index (χ4v) is 4.41. The highest BCUT2D eigenvalue weighted by Gasteiger charge is 2.46. The number of hydrogen-bond acceptors (Lipinski definition) is 7. The molecule has 0 radical (unpaired) electrons. The summed E-state index contributed by atoms with van der Waals surface area (Å²) >= 11 is 0. The maximum atomic E-state index is 13.2. The van der Waals surface area contributed by atoms with E-state index in [1.54, 1.807) is 30.3 Å². The topological polar surface area (TPSA) is 113 Å². The lowest BCUT2D eigenvalue weighted by Gasteiger charge is -2.26. The van der Waals surface area contributed by atoms with Gasteiger partial charge in [0.25, 0.3) is 17.4 Å². The quantitative estimate of drug-likeness (QED) is 0.147. The number of hydrogen-bond donors (Lipinski definition) is 1. The van der Waals surface area contributed by atoms with Gasteiger partial charge in [0.1, 0.15) is 18.1 Å². The maximum Gasteiger partial charge on any atom is 0.295 e. The van der Waals surface area contributed by atoms with Gasteiger partial charge in [0.05, 0.1) is 16.5 Å². The summed E-state index contributed by atoms with van der Waals surface area (Å²) in [6.07, 6.45) is 0. The Morgan fingerprint density at radius 3 is 2.42 bits per heavy atom. The van der Waals surface area contributed by atoms with Crippen molar-refractivity contribution in [1.29, 1.82) is 0 Å². The third kappa shape index (κ3) is 5.73. The minimum Gasteiger partial charge on any atom is -0.507 e. The molecule has 3 aromatic rings. The predicted octanol–water partition coefficient (Wildman–Crippen LogP) is 4.47. The van der Waals surface area contributed by atoms with E-state index in [1.807, 2.05) is 50.2 Å². The zero-order valence-corrected chi connectivity index (χ0v) is 21.5. The Morgan fingerprint density at radius 1 is 1.05 bits per heavy atom. The minimum atomic E-state index is -0.966. The van der Waals surface area contributed by atoms with Gasteiger partial charge >= 0.3 is 0 Å². The number of amides is 1. The molecule has 1 N–H and O–H groups in total. The van der Waals surface area contributed by atoms with Crippen LogP contribution in [0.4, 0.5) is 5.69 Å². The first-order valence-corrected chi connectivity index (χ1v) is 12.1. The number of benzene rings is 3. The van der Waals surface area contributed by atoms with E-state index in [9.17, 15) is 24.8 Å². The van der Waals surface area contributed by atoms with Crippen molar-refractivity contribution in [2.45, 2.75) is 19.6 Å². The maximum absolute atomic E-state index is 13.2. The molecule has 0 unspecified atom stereocenters. The molecule has 9 heteroatoms. The van der Waals surface area contributed by atoms with Crippen molar-refractivity contribution in [3.8, 4) is 5.75 Å². The largest absolute Gasteiger partial charge is 0.507 e. The van der Waals surface area contributed by atoms with E-state index in [4.69, 9.17) is 4.74 Å². The molecule has 4 rings (SSSR count). The van der Waals surface area contributed by atoms with Gasteiger partial charge in [-0.2, -0.15) is 0 Å². The van der Waals surface area contributed by atoms with E-state index in [0.29, 0.717) is 30.0 Å². The van der Waals surface area contributed by atoms with Gasteiger partial charge in [0.15, 0.2) is 0 Å². The second-order valence-electron chi connectivity index (χ2n) is 9.45. The number of Topliss-reactive ketones (excluding diaryl/α,β-unsaturated/α-hetero) is 1. The number of carbonyl (C=O) groups excluding carboxylic acids is 2. The molecule has 3 aromatic carbocycles. The summed E-state index contributed by atoms with van der Waals surface area (Å²) in [4.78, 5) is 40.3. The van der Waals surface area contributed by atoms with Crippen LogP contribution in [-0.4, -0.2) is 58.7 Å². The van der Waals surface area contributed by atoms with Gasteiger partial charge in [-0.25, -0.2) is 0 Å². The zero-order chi connectivity index (χ0) is 27.4. The van der Waals surface area contributed by atoms with E-state index in [1.165, 1.54) is 23.1 Å². The Labute approximate surface area is 220 Å². The van der Waals surface area contributed by atoms with Gasteiger partial charge in [-0.1, -0.05) is 42.0 Å². The number of aryl methyl sites for hydroxylation is 1. The summed E-state index contributed by atoms with van der Waals surface area (Å²) in [6.45, 7) is 3.04. The highest BCUT2D eigenvalue weighted by atomic mass is 16.6. The first-order chi connectivity index (χ1) is 18.2. The molecule has 9 nitrogen and oxygen atoms in total. The summed E-state index contributed by atoms with van der Waals surface area (Å²) in [7, 11) is 3.67. The molecule has 1 fully saturated rings. The lowest BCUT2D eigenvalue weighted by molar-refractivity contribution is -0.384. The first-order valence-electron chi connectivity index (χ1n) is 12.1. The summed E-state index contributed by atoms with van der Waals surface area (Å²) in [5, 5.41) is 22.6. The van der Waals surface area contributed by atoms with Crippen LogP contribution < -0.4 is 4.74 Å². The Balaban J connectivity index is 1.68. The van der Waals surface area contributed by atoms with Gasteiger partial charge in [0, 0.05) is 30.8 Å². The Morgan fingerprint density at radius 2 is 1.76 bits per heavy atom. The van der Waals surface area contributed by atoms with Crippen LogP contribution in [0.1, 0.15) is 28.3 Å². The van der Waals surface area contributed by atoms with Crippen LogP contribution in [0.5, 0.6) is 5.75 Å². The lowest BCUT2D eigenvalue weighted by atomic mass is 9.95. The number of ketones is 1. The Bertz CT molecular complexity index is 1400. The Hall–Kier alpha value is -4.50. The molecule has 0 aromatic heterocycles. The van der Waals surface area contributed by atoms with Crippen molar-refractivity contribution in [1.82, 2.24) is 9.80 Å². The number of nitro benzene ring substituents is 1. The van der Waals surface area contributed by atoms with E-state index < -0.39 is 22.7 Å². The molecule has 1 aliphatic rings. The van der Waals surface area contributed by atoms with Crippen molar-refractivity contribution in [2.75, 3.05) is 27.2 Å². The zero-order valence-electron chi connectivity index (χ0n) is 21.5. The summed E-state index contributed by atoms with van der Waals surface area (Å²) in [6, 6.07) is 19.4. The molecule has 1 heterocycles. The number of carbonyl (C=O) groups is 2. The second-order valence-corrected chi connectivity index (χ2v) is 9.45. The molecule has 0 bridgehead atoms. The van der Waals surface area contributed by atoms with E-state index in [0.717, 1.165) is 11.1 Å². The van der Waals surface area contributed by atoms with Crippen molar-refractivity contribution >= 4 is 23.1 Å². The fraction of sp³-hybridized carbons (Fsp3) is 0.241. The Kier molecular flexibility index (Phi) is 7.87. The number of likely N-dealkylation sites (tertiary alicyclic amines) is 1. The molecule has 0 saturated carbocycles. The number of non-ortho nitro benzene ring substituents is 1. The van der Waals surface area contributed by atoms with Crippen molar-refractivity contribution in [2.24, 2.45) is 0 Å². The first kappa shape index (κ1) is 26.6. The van der Waals surface area contributed by atoms with Crippen LogP contribution >= 0.6 is 0 Å². The number of nitro groups is 1. The third-order valence-electron chi connectivity index (χ3n) is 6.34. The standard InChI is InChI=1S/C29H29N3O6/c1-19-6-4-7-20(16-19)18-38-24-12-10-21(11-13-24)27(33)25-26(22-8-5-9-23(17-22)32(36)37)31(15-14-30(2)3)29(35)28(25)34/h4-13,16-17,26,33H,14-15,18H2,1-3H3/t26-/m0/s1. The molecule has 196 valence electrons. The number of aliphatic hydroxyl groups is 1. The molecular formula is C29H29N3O6. The summed E-state index contributed by atoms with van der Waals surface area (Å²) < 4.78 is 5.85. The van der Waals surface area contributed by atoms with Crippen LogP contribution in [0, 0.1) is 17.0 Å². The number of aliphatic hydroxyl groups excluding tert-OH is 1. The SMILES string of the molecule is Cc1cccc(COc2ccc(C(O)=C3C(=O)C(=O)N(CCN(C)C)[C@H]3c3cccc([N+](=O)[O-])c3)cc2)c1. The van der Waals surface area contributed by atoms with Crippen LogP contribution in [0.3, 0.4) is 0 Å².